The molecule has 1 aliphatic rings. The minimum Gasteiger partial charge on any atom is -0.481 e. The van der Waals surface area contributed by atoms with Crippen LogP contribution in [0.1, 0.15) is 44.6 Å². The summed E-state index contributed by atoms with van der Waals surface area (Å²) in [5.41, 5.74) is 1.57. The Morgan fingerprint density at radius 2 is 1.76 bits per heavy atom. The molecule has 4 heteroatoms. The summed E-state index contributed by atoms with van der Waals surface area (Å²) in [7, 11) is 0. The third kappa shape index (κ3) is 3.63. The van der Waals surface area contributed by atoms with Crippen LogP contribution in [-0.4, -0.2) is 23.5 Å². The Labute approximate surface area is 125 Å². The normalized spacial score (nSPS) is 16.7. The Morgan fingerprint density at radius 3 is 2.29 bits per heavy atom. The fourth-order valence-electron chi connectivity index (χ4n) is 2.98. The number of carbonyl (C=O) groups excluding carboxylic acids is 1. The molecule has 1 amide bonds. The highest BCUT2D eigenvalue weighted by Gasteiger charge is 2.39. The molecule has 2 rings (SSSR count). The molecule has 1 N–H and O–H groups in total. The van der Waals surface area contributed by atoms with E-state index in [1.165, 1.54) is 0 Å². The second kappa shape index (κ2) is 6.29. The topological polar surface area (TPSA) is 57.6 Å². The molecule has 21 heavy (non-hydrogen) atoms. The molecule has 1 aliphatic carbocycles. The van der Waals surface area contributed by atoms with Gasteiger partial charge in [0.1, 0.15) is 0 Å². The maximum absolute atomic E-state index is 12.9. The van der Waals surface area contributed by atoms with Crippen LogP contribution in [0.3, 0.4) is 0 Å². The van der Waals surface area contributed by atoms with Gasteiger partial charge in [-0.25, -0.2) is 0 Å². The fourth-order valence-corrected chi connectivity index (χ4v) is 2.98. The summed E-state index contributed by atoms with van der Waals surface area (Å²) in [5.74, 6) is -0.818. The van der Waals surface area contributed by atoms with E-state index in [0.29, 0.717) is 0 Å². The van der Waals surface area contributed by atoms with E-state index < -0.39 is 5.97 Å². The number of rotatable bonds is 5. The maximum atomic E-state index is 12.9. The molecular weight excluding hydrogens is 266 g/mol. The lowest BCUT2D eigenvalue weighted by atomic mass is 9.87. The predicted molar refractivity (Wildman–Crippen MR) is 82.4 cm³/mol. The summed E-state index contributed by atoms with van der Waals surface area (Å²) in [4.78, 5) is 25.4. The number of anilines is 1. The number of hydrogen-bond acceptors (Lipinski definition) is 2. The molecule has 0 spiro atoms. The summed E-state index contributed by atoms with van der Waals surface area (Å²) in [6.45, 7) is 4.22. The van der Waals surface area contributed by atoms with Crippen LogP contribution in [0, 0.1) is 12.3 Å². The molecule has 1 fully saturated rings. The second-order valence-corrected chi connectivity index (χ2v) is 6.20. The van der Waals surface area contributed by atoms with Crippen LogP contribution in [0.2, 0.25) is 0 Å². The summed E-state index contributed by atoms with van der Waals surface area (Å²) >= 11 is 0. The van der Waals surface area contributed by atoms with Gasteiger partial charge in [-0.1, -0.05) is 37.5 Å². The van der Waals surface area contributed by atoms with Gasteiger partial charge in [0, 0.05) is 17.6 Å². The zero-order valence-electron chi connectivity index (χ0n) is 12.8. The van der Waals surface area contributed by atoms with Crippen molar-refractivity contribution >= 4 is 17.6 Å². The van der Waals surface area contributed by atoms with E-state index >= 15 is 0 Å². The van der Waals surface area contributed by atoms with Crippen molar-refractivity contribution in [1.29, 1.82) is 0 Å². The number of amides is 1. The Bertz CT molecular complexity index is 515. The number of carboxylic acid groups (broad SMARTS) is 1. The minimum atomic E-state index is -0.878. The van der Waals surface area contributed by atoms with Crippen LogP contribution in [-0.2, 0) is 9.59 Å². The molecule has 0 aliphatic heterocycles. The first-order valence-corrected chi connectivity index (χ1v) is 7.53. The molecule has 0 aromatic heterocycles. The highest BCUT2D eigenvalue weighted by Crippen LogP contribution is 2.40. The molecule has 1 aromatic rings. The number of nitrogens with zero attached hydrogens (tertiary/aromatic N) is 1. The van der Waals surface area contributed by atoms with Crippen LogP contribution in [0.5, 0.6) is 0 Å². The summed E-state index contributed by atoms with van der Waals surface area (Å²) in [6, 6.07) is 7.70. The second-order valence-electron chi connectivity index (χ2n) is 6.20. The maximum Gasteiger partial charge on any atom is 0.305 e. The van der Waals surface area contributed by atoms with Gasteiger partial charge in [0.05, 0.1) is 6.42 Å². The van der Waals surface area contributed by atoms with E-state index in [0.717, 1.165) is 36.9 Å². The molecule has 4 nitrogen and oxygen atoms in total. The van der Waals surface area contributed by atoms with Gasteiger partial charge in [0.15, 0.2) is 0 Å². The molecular formula is C17H23NO3. The number of benzene rings is 1. The monoisotopic (exact) mass is 289 g/mol. The highest BCUT2D eigenvalue weighted by atomic mass is 16.4. The Hall–Kier alpha value is -1.84. The zero-order chi connectivity index (χ0) is 15.5. The van der Waals surface area contributed by atoms with E-state index in [1.54, 1.807) is 4.90 Å². The molecule has 114 valence electrons. The smallest absolute Gasteiger partial charge is 0.305 e. The van der Waals surface area contributed by atoms with Gasteiger partial charge in [-0.05, 0) is 31.9 Å². The zero-order valence-corrected chi connectivity index (χ0v) is 12.8. The SMILES string of the molecule is Cc1ccc(N(CCC(=O)O)C(=O)C2(C)CCCC2)cc1. The van der Waals surface area contributed by atoms with Crippen molar-refractivity contribution < 1.29 is 14.7 Å². The number of aliphatic carboxylic acids is 1. The van der Waals surface area contributed by atoms with Crippen LogP contribution < -0.4 is 4.90 Å². The van der Waals surface area contributed by atoms with Gasteiger partial charge in [0.25, 0.3) is 0 Å². The number of carbonyl (C=O) groups is 2. The van der Waals surface area contributed by atoms with Gasteiger partial charge < -0.3 is 10.0 Å². The molecule has 0 unspecified atom stereocenters. The van der Waals surface area contributed by atoms with Crippen LogP contribution in [0.25, 0.3) is 0 Å². The van der Waals surface area contributed by atoms with Crippen molar-refractivity contribution in [3.8, 4) is 0 Å². The van der Waals surface area contributed by atoms with Gasteiger partial charge in [-0.15, -0.1) is 0 Å². The van der Waals surface area contributed by atoms with E-state index in [9.17, 15) is 9.59 Å². The molecule has 0 atom stereocenters. The lowest BCUT2D eigenvalue weighted by Crippen LogP contribution is -2.42. The molecule has 0 saturated heterocycles. The van der Waals surface area contributed by atoms with Crippen LogP contribution in [0.15, 0.2) is 24.3 Å². The summed E-state index contributed by atoms with van der Waals surface area (Å²) in [6.07, 6.45) is 3.89. The van der Waals surface area contributed by atoms with Crippen LogP contribution in [0.4, 0.5) is 5.69 Å². The number of hydrogen-bond donors (Lipinski definition) is 1. The van der Waals surface area contributed by atoms with Crippen LogP contribution >= 0.6 is 0 Å². The first kappa shape index (κ1) is 15.5. The van der Waals surface area contributed by atoms with E-state index in [1.807, 2.05) is 38.1 Å². The number of carboxylic acids is 1. The van der Waals surface area contributed by atoms with Crippen molar-refractivity contribution in [2.24, 2.45) is 5.41 Å². The third-order valence-corrected chi connectivity index (χ3v) is 4.36. The minimum absolute atomic E-state index is 0.0320. The quantitative estimate of drug-likeness (QED) is 0.904. The molecule has 1 saturated carbocycles. The third-order valence-electron chi connectivity index (χ3n) is 4.36. The fraction of sp³-hybridized carbons (Fsp3) is 0.529. The van der Waals surface area contributed by atoms with Crippen molar-refractivity contribution in [2.45, 2.75) is 46.0 Å². The molecule has 0 heterocycles. The van der Waals surface area contributed by atoms with Crippen molar-refractivity contribution in [1.82, 2.24) is 0 Å². The summed E-state index contributed by atoms with van der Waals surface area (Å²) < 4.78 is 0. The van der Waals surface area contributed by atoms with E-state index in [2.05, 4.69) is 0 Å². The van der Waals surface area contributed by atoms with Crippen molar-refractivity contribution in [2.75, 3.05) is 11.4 Å². The standard InChI is InChI=1S/C17H23NO3/c1-13-5-7-14(8-6-13)18(12-9-15(19)20)16(21)17(2)10-3-4-11-17/h5-8H,3-4,9-12H2,1-2H3,(H,19,20). The largest absolute Gasteiger partial charge is 0.481 e. The van der Waals surface area contributed by atoms with Gasteiger partial charge in [-0.2, -0.15) is 0 Å². The van der Waals surface area contributed by atoms with Gasteiger partial charge in [0.2, 0.25) is 5.91 Å². The highest BCUT2D eigenvalue weighted by molar-refractivity contribution is 5.98. The van der Waals surface area contributed by atoms with Gasteiger partial charge >= 0.3 is 5.97 Å². The Kier molecular flexibility index (Phi) is 4.66. The first-order chi connectivity index (χ1) is 9.92. The lowest BCUT2D eigenvalue weighted by Gasteiger charge is -2.31. The van der Waals surface area contributed by atoms with Gasteiger partial charge in [-0.3, -0.25) is 9.59 Å². The van der Waals surface area contributed by atoms with Crippen molar-refractivity contribution in [3.05, 3.63) is 29.8 Å². The molecule has 1 aromatic carbocycles. The van der Waals surface area contributed by atoms with Crippen molar-refractivity contribution in [3.63, 3.8) is 0 Å². The summed E-state index contributed by atoms with van der Waals surface area (Å²) in [5, 5.41) is 8.93. The molecule has 0 radical (unpaired) electrons. The predicted octanol–water partition coefficient (Wildman–Crippen LogP) is 3.38. The average molecular weight is 289 g/mol. The number of aryl methyl sites for hydroxylation is 1. The Balaban J connectivity index is 2.24. The van der Waals surface area contributed by atoms with E-state index in [-0.39, 0.29) is 24.3 Å². The lowest BCUT2D eigenvalue weighted by molar-refractivity contribution is -0.136. The first-order valence-electron chi connectivity index (χ1n) is 7.53. The molecule has 0 bridgehead atoms. The Morgan fingerprint density at radius 1 is 1.19 bits per heavy atom. The van der Waals surface area contributed by atoms with E-state index in [4.69, 9.17) is 5.11 Å². The average Bonchev–Trinajstić information content (AvgIpc) is 2.88.